The van der Waals surface area contributed by atoms with E-state index < -0.39 is 23.9 Å². The summed E-state index contributed by atoms with van der Waals surface area (Å²) in [5.74, 6) is -2.28. The number of esters is 4. The zero-order valence-corrected chi connectivity index (χ0v) is 21.6. The van der Waals surface area contributed by atoms with E-state index in [1.807, 2.05) is 11.0 Å². The zero-order valence-electron chi connectivity index (χ0n) is 21.6. The van der Waals surface area contributed by atoms with Crippen molar-refractivity contribution in [2.24, 2.45) is 0 Å². The number of benzene rings is 2. The van der Waals surface area contributed by atoms with Gasteiger partial charge in [0.25, 0.3) is 0 Å². The third-order valence-electron chi connectivity index (χ3n) is 5.49. The molecule has 0 aliphatic carbocycles. The summed E-state index contributed by atoms with van der Waals surface area (Å²) >= 11 is 0. The number of methoxy groups -OCH3 is 2. The van der Waals surface area contributed by atoms with Gasteiger partial charge < -0.3 is 23.8 Å². The first-order valence-corrected chi connectivity index (χ1v) is 11.7. The van der Waals surface area contributed by atoms with Gasteiger partial charge in [-0.1, -0.05) is 30.3 Å². The topological polar surface area (TPSA) is 126 Å². The third kappa shape index (κ3) is 6.75. The molecule has 1 heterocycles. The molecule has 0 atom stereocenters. The molecular weight excluding hydrogens is 494 g/mol. The number of para-hydroxylation sites is 1. The van der Waals surface area contributed by atoms with Gasteiger partial charge in [-0.2, -0.15) is 5.10 Å². The van der Waals surface area contributed by atoms with E-state index in [0.717, 1.165) is 5.69 Å². The third-order valence-corrected chi connectivity index (χ3v) is 5.49. The molecule has 3 aromatic rings. The minimum atomic E-state index is -0.744. The number of nitrogens with zero attached hydrogens (tertiary/aromatic N) is 3. The lowest BCUT2D eigenvalue weighted by atomic mass is 10.0. The van der Waals surface area contributed by atoms with Crippen LogP contribution in [0.25, 0.3) is 16.9 Å². The average molecular weight is 524 g/mol. The fraction of sp³-hybridized carbons (Fsp3) is 0.296. The van der Waals surface area contributed by atoms with Gasteiger partial charge in [-0.15, -0.1) is 0 Å². The predicted octanol–water partition coefficient (Wildman–Crippen LogP) is 3.05. The predicted molar refractivity (Wildman–Crippen MR) is 137 cm³/mol. The van der Waals surface area contributed by atoms with Crippen LogP contribution in [0.2, 0.25) is 0 Å². The number of rotatable bonds is 11. The van der Waals surface area contributed by atoms with Crippen LogP contribution in [0.4, 0.5) is 5.69 Å². The molecular formula is C27H29N3O8. The highest BCUT2D eigenvalue weighted by Gasteiger charge is 2.31. The summed E-state index contributed by atoms with van der Waals surface area (Å²) < 4.78 is 21.4. The van der Waals surface area contributed by atoms with Crippen molar-refractivity contribution in [3.05, 3.63) is 65.9 Å². The fourth-order valence-corrected chi connectivity index (χ4v) is 3.76. The molecule has 0 saturated carbocycles. The maximum atomic E-state index is 12.8. The molecule has 2 aromatic carbocycles. The normalized spacial score (nSPS) is 10.4. The molecule has 0 spiro atoms. The number of aromatic nitrogens is 2. The lowest BCUT2D eigenvalue weighted by Crippen LogP contribution is -2.31. The van der Waals surface area contributed by atoms with E-state index in [0.29, 0.717) is 24.3 Å². The molecule has 200 valence electrons. The highest BCUT2D eigenvalue weighted by molar-refractivity contribution is 6.06. The summed E-state index contributed by atoms with van der Waals surface area (Å²) in [5.41, 5.74) is 2.01. The maximum absolute atomic E-state index is 12.8. The van der Waals surface area contributed by atoms with Crippen LogP contribution in [0, 0.1) is 0 Å². The van der Waals surface area contributed by atoms with E-state index in [1.165, 1.54) is 32.7 Å². The Morgan fingerprint density at radius 2 is 1.34 bits per heavy atom. The highest BCUT2D eigenvalue weighted by Crippen LogP contribution is 2.30. The molecule has 3 rings (SSSR count). The van der Waals surface area contributed by atoms with Crippen molar-refractivity contribution < 1.29 is 38.1 Å². The number of ether oxygens (including phenoxy) is 4. The van der Waals surface area contributed by atoms with Gasteiger partial charge in [0.1, 0.15) is 24.5 Å². The molecule has 0 aliphatic heterocycles. The minimum absolute atomic E-state index is 0.0301. The van der Waals surface area contributed by atoms with E-state index in [-0.39, 0.29) is 30.2 Å². The van der Waals surface area contributed by atoms with Gasteiger partial charge in [0, 0.05) is 25.1 Å². The Hall–Kier alpha value is -4.67. The van der Waals surface area contributed by atoms with Crippen molar-refractivity contribution in [2.75, 3.05) is 45.4 Å². The Balaban J connectivity index is 2.03. The van der Waals surface area contributed by atoms with Crippen LogP contribution in [-0.2, 0) is 28.5 Å². The summed E-state index contributed by atoms with van der Waals surface area (Å²) in [7, 11) is 2.45. The Morgan fingerprint density at radius 1 is 0.789 bits per heavy atom. The van der Waals surface area contributed by atoms with Crippen LogP contribution in [0.1, 0.15) is 34.7 Å². The van der Waals surface area contributed by atoms with E-state index in [2.05, 4.69) is 5.10 Å². The van der Waals surface area contributed by atoms with Crippen molar-refractivity contribution >= 4 is 29.6 Å². The quantitative estimate of drug-likeness (QED) is 0.273. The van der Waals surface area contributed by atoms with E-state index in [9.17, 15) is 19.2 Å². The van der Waals surface area contributed by atoms with Crippen LogP contribution >= 0.6 is 0 Å². The lowest BCUT2D eigenvalue weighted by molar-refractivity contribution is -0.141. The Labute approximate surface area is 219 Å². The van der Waals surface area contributed by atoms with Crippen molar-refractivity contribution in [3.63, 3.8) is 0 Å². The standard InChI is InChI=1S/C27H29N3O8/c1-18(31)37-16-14-29(15-17-38-19(2)32)21-12-10-20(11-13-21)24-23(26(33)35-3)25(27(34)36-4)30(28-24)22-8-6-5-7-9-22/h5-13H,14-17H2,1-4H3. The van der Waals surface area contributed by atoms with E-state index >= 15 is 0 Å². The second-order valence-electron chi connectivity index (χ2n) is 8.02. The monoisotopic (exact) mass is 523 g/mol. The van der Waals surface area contributed by atoms with Gasteiger partial charge in [0.05, 0.1) is 33.0 Å². The van der Waals surface area contributed by atoms with Gasteiger partial charge in [-0.05, 0) is 24.3 Å². The molecule has 0 amide bonds. The lowest BCUT2D eigenvalue weighted by Gasteiger charge is -2.24. The van der Waals surface area contributed by atoms with Gasteiger partial charge in [-0.25, -0.2) is 14.3 Å². The minimum Gasteiger partial charge on any atom is -0.465 e. The molecule has 11 nitrogen and oxygen atoms in total. The molecule has 0 radical (unpaired) electrons. The summed E-state index contributed by atoms with van der Waals surface area (Å²) in [6, 6.07) is 15.9. The second kappa shape index (κ2) is 13.0. The summed E-state index contributed by atoms with van der Waals surface area (Å²) in [5, 5.41) is 4.59. The molecule has 0 N–H and O–H groups in total. The molecule has 0 fully saturated rings. The van der Waals surface area contributed by atoms with Crippen molar-refractivity contribution in [2.45, 2.75) is 13.8 Å². The van der Waals surface area contributed by atoms with Crippen molar-refractivity contribution in [1.82, 2.24) is 9.78 Å². The maximum Gasteiger partial charge on any atom is 0.357 e. The van der Waals surface area contributed by atoms with Crippen molar-refractivity contribution in [1.29, 1.82) is 0 Å². The zero-order chi connectivity index (χ0) is 27.7. The van der Waals surface area contributed by atoms with Crippen LogP contribution in [0.3, 0.4) is 0 Å². The van der Waals surface area contributed by atoms with Crippen LogP contribution in [0.5, 0.6) is 0 Å². The van der Waals surface area contributed by atoms with Crippen molar-refractivity contribution in [3.8, 4) is 16.9 Å². The first-order valence-electron chi connectivity index (χ1n) is 11.7. The average Bonchev–Trinajstić information content (AvgIpc) is 3.32. The van der Waals surface area contributed by atoms with Gasteiger partial charge >= 0.3 is 23.9 Å². The number of carbonyl (C=O) groups excluding carboxylic acids is 4. The largest absolute Gasteiger partial charge is 0.465 e. The molecule has 0 unspecified atom stereocenters. The van der Waals surface area contributed by atoms with Gasteiger partial charge in [0.15, 0.2) is 5.69 Å². The van der Waals surface area contributed by atoms with Gasteiger partial charge in [-0.3, -0.25) is 9.59 Å². The molecule has 0 saturated heterocycles. The fourth-order valence-electron chi connectivity index (χ4n) is 3.76. The first kappa shape index (κ1) is 27.9. The number of hydrogen-bond acceptors (Lipinski definition) is 10. The summed E-state index contributed by atoms with van der Waals surface area (Å²) in [6.07, 6.45) is 0. The molecule has 1 aromatic heterocycles. The smallest absolute Gasteiger partial charge is 0.357 e. The van der Waals surface area contributed by atoms with Crippen LogP contribution in [0.15, 0.2) is 54.6 Å². The summed E-state index contributed by atoms with van der Waals surface area (Å²) in [4.78, 5) is 49.9. The Bertz CT molecular complexity index is 1270. The Morgan fingerprint density at radius 3 is 1.84 bits per heavy atom. The Kier molecular flexibility index (Phi) is 9.58. The highest BCUT2D eigenvalue weighted by atomic mass is 16.5. The molecule has 0 aliphatic rings. The second-order valence-corrected chi connectivity index (χ2v) is 8.02. The van der Waals surface area contributed by atoms with E-state index in [4.69, 9.17) is 18.9 Å². The summed E-state index contributed by atoms with van der Waals surface area (Å²) in [6.45, 7) is 3.68. The van der Waals surface area contributed by atoms with E-state index in [1.54, 1.807) is 48.5 Å². The SMILES string of the molecule is COC(=O)c1c(-c2ccc(N(CCOC(C)=O)CCOC(C)=O)cc2)nn(-c2ccccc2)c1C(=O)OC. The number of hydrogen-bond donors (Lipinski definition) is 0. The first-order chi connectivity index (χ1) is 18.3. The number of carbonyl (C=O) groups is 4. The number of anilines is 1. The molecule has 38 heavy (non-hydrogen) atoms. The van der Waals surface area contributed by atoms with Crippen LogP contribution in [-0.4, -0.2) is 74.2 Å². The molecule has 11 heteroatoms. The van der Waals surface area contributed by atoms with Gasteiger partial charge in [0.2, 0.25) is 0 Å². The molecule has 0 bridgehead atoms. The van der Waals surface area contributed by atoms with Crippen LogP contribution < -0.4 is 4.90 Å².